The minimum Gasteiger partial charge on any atom is -0.211 e. The first-order chi connectivity index (χ1) is 4.85. The van der Waals surface area contributed by atoms with E-state index < -0.39 is 17.0 Å². The van der Waals surface area contributed by atoms with Crippen LogP contribution in [0.1, 0.15) is 20.8 Å². The molecule has 0 saturated carbocycles. The van der Waals surface area contributed by atoms with Gasteiger partial charge in [-0.05, 0) is 6.92 Å². The molecule has 5 heteroatoms. The summed E-state index contributed by atoms with van der Waals surface area (Å²) in [6.45, 7) is 4.65. The first-order valence-electron chi connectivity index (χ1n) is 2.94. The van der Waals surface area contributed by atoms with E-state index in [1.54, 1.807) is 0 Å². The van der Waals surface area contributed by atoms with Crippen LogP contribution in [0.5, 0.6) is 0 Å². The van der Waals surface area contributed by atoms with Crippen molar-refractivity contribution in [2.24, 2.45) is 0 Å². The molecular formula is C6H9ClF4. The van der Waals surface area contributed by atoms with Crippen molar-refractivity contribution in [3.05, 3.63) is 10.9 Å². The largest absolute Gasteiger partial charge is 0.429 e. The molecule has 0 aromatic rings. The maximum atomic E-state index is 11.6. The van der Waals surface area contributed by atoms with Crippen molar-refractivity contribution in [3.8, 4) is 0 Å². The van der Waals surface area contributed by atoms with Crippen LogP contribution in [-0.2, 0) is 0 Å². The Morgan fingerprint density at radius 3 is 1.45 bits per heavy atom. The highest BCUT2D eigenvalue weighted by Gasteiger charge is 2.34. The number of allylic oxidation sites excluding steroid dienone is 2. The van der Waals surface area contributed by atoms with E-state index in [1.807, 2.05) is 13.8 Å². The third kappa shape index (κ3) is 6.16. The monoisotopic (exact) mass is 192 g/mol. The van der Waals surface area contributed by atoms with Crippen LogP contribution in [0.2, 0.25) is 0 Å². The summed E-state index contributed by atoms with van der Waals surface area (Å²) in [5.41, 5.74) is 0. The maximum absolute atomic E-state index is 11.6. The van der Waals surface area contributed by atoms with E-state index >= 15 is 0 Å². The smallest absolute Gasteiger partial charge is 0.211 e. The van der Waals surface area contributed by atoms with Crippen molar-refractivity contribution < 1.29 is 17.6 Å². The molecule has 0 amide bonds. The lowest BCUT2D eigenvalue weighted by Crippen LogP contribution is -2.07. The first-order valence-corrected chi connectivity index (χ1v) is 3.32. The molecule has 0 aliphatic heterocycles. The van der Waals surface area contributed by atoms with Crippen LogP contribution in [0.15, 0.2) is 10.9 Å². The molecule has 68 valence electrons. The van der Waals surface area contributed by atoms with Gasteiger partial charge in [0.1, 0.15) is 5.83 Å². The molecule has 0 atom stereocenters. The van der Waals surface area contributed by atoms with Gasteiger partial charge < -0.3 is 0 Å². The molecule has 0 nitrogen and oxygen atoms in total. The van der Waals surface area contributed by atoms with Crippen LogP contribution in [-0.4, -0.2) is 6.18 Å². The Hall–Kier alpha value is -0.250. The molecule has 0 aromatic heterocycles. The van der Waals surface area contributed by atoms with E-state index in [0.29, 0.717) is 6.92 Å². The fourth-order valence-electron chi connectivity index (χ4n) is 0.195. The average molecular weight is 193 g/mol. The number of hydrogen-bond acceptors (Lipinski definition) is 0. The molecule has 0 aliphatic rings. The summed E-state index contributed by atoms with van der Waals surface area (Å²) < 4.78 is 45.4. The van der Waals surface area contributed by atoms with Gasteiger partial charge in [-0.15, -0.1) is 0 Å². The zero-order valence-corrected chi connectivity index (χ0v) is 7.15. The summed E-state index contributed by atoms with van der Waals surface area (Å²) in [5, 5.41) is -1.69. The summed E-state index contributed by atoms with van der Waals surface area (Å²) in [5.74, 6) is -1.41. The van der Waals surface area contributed by atoms with Gasteiger partial charge in [-0.3, -0.25) is 0 Å². The Bertz CT molecular complexity index is 132. The first kappa shape index (κ1) is 13.3. The van der Waals surface area contributed by atoms with Crippen molar-refractivity contribution in [2.45, 2.75) is 26.9 Å². The SMILES string of the molecule is C/C(F)=C(\Cl)C(F)(F)F.CC. The van der Waals surface area contributed by atoms with Gasteiger partial charge >= 0.3 is 6.18 Å². The fourth-order valence-corrected chi connectivity index (χ4v) is 0.195. The van der Waals surface area contributed by atoms with Crippen LogP contribution in [0.3, 0.4) is 0 Å². The predicted molar refractivity (Wildman–Crippen MR) is 37.1 cm³/mol. The molecule has 0 saturated heterocycles. The second-order valence-corrected chi connectivity index (χ2v) is 1.72. The van der Waals surface area contributed by atoms with Gasteiger partial charge in [0.25, 0.3) is 0 Å². The zero-order valence-electron chi connectivity index (χ0n) is 6.39. The predicted octanol–water partition coefficient (Wildman–Crippen LogP) is 4.01. The van der Waals surface area contributed by atoms with E-state index in [2.05, 4.69) is 11.6 Å². The van der Waals surface area contributed by atoms with E-state index in [0.717, 1.165) is 0 Å². The highest BCUT2D eigenvalue weighted by molar-refractivity contribution is 6.30. The van der Waals surface area contributed by atoms with Crippen LogP contribution in [0.4, 0.5) is 17.6 Å². The summed E-state index contributed by atoms with van der Waals surface area (Å²) in [4.78, 5) is 0. The molecular weight excluding hydrogens is 184 g/mol. The van der Waals surface area contributed by atoms with Gasteiger partial charge in [0.2, 0.25) is 0 Å². The van der Waals surface area contributed by atoms with Crippen LogP contribution < -0.4 is 0 Å². The van der Waals surface area contributed by atoms with Crippen LogP contribution in [0, 0.1) is 0 Å². The summed E-state index contributed by atoms with van der Waals surface area (Å²) in [6, 6.07) is 0. The summed E-state index contributed by atoms with van der Waals surface area (Å²) >= 11 is 4.47. The number of alkyl halides is 3. The van der Waals surface area contributed by atoms with Crippen molar-refractivity contribution in [1.82, 2.24) is 0 Å². The van der Waals surface area contributed by atoms with Gasteiger partial charge in [0.05, 0.1) is 0 Å². The van der Waals surface area contributed by atoms with Crippen molar-refractivity contribution >= 4 is 11.6 Å². The van der Waals surface area contributed by atoms with Gasteiger partial charge in [-0.25, -0.2) is 4.39 Å². The Kier molecular flexibility index (Phi) is 6.56. The highest BCUT2D eigenvalue weighted by Crippen LogP contribution is 2.31. The highest BCUT2D eigenvalue weighted by atomic mass is 35.5. The molecule has 0 aromatic carbocycles. The Labute approximate surface area is 67.8 Å². The van der Waals surface area contributed by atoms with Crippen molar-refractivity contribution in [1.29, 1.82) is 0 Å². The Balaban J connectivity index is 0. The fraction of sp³-hybridized carbons (Fsp3) is 0.667. The van der Waals surface area contributed by atoms with E-state index in [4.69, 9.17) is 0 Å². The lowest BCUT2D eigenvalue weighted by atomic mass is 10.5. The molecule has 0 heterocycles. The Morgan fingerprint density at radius 2 is 1.45 bits per heavy atom. The third-order valence-corrected chi connectivity index (χ3v) is 1.03. The van der Waals surface area contributed by atoms with Crippen LogP contribution >= 0.6 is 11.6 Å². The molecule has 0 bridgehead atoms. The number of hydrogen-bond donors (Lipinski definition) is 0. The molecule has 0 spiro atoms. The van der Waals surface area contributed by atoms with Gasteiger partial charge in [-0.1, -0.05) is 25.4 Å². The quantitative estimate of drug-likeness (QED) is 0.509. The molecule has 0 fully saturated rings. The van der Waals surface area contributed by atoms with E-state index in [-0.39, 0.29) is 0 Å². The molecule has 11 heavy (non-hydrogen) atoms. The molecule has 0 unspecified atom stereocenters. The maximum Gasteiger partial charge on any atom is 0.429 e. The topological polar surface area (TPSA) is 0 Å². The molecule has 0 N–H and O–H groups in total. The minimum absolute atomic E-state index is 0.649. The van der Waals surface area contributed by atoms with Crippen molar-refractivity contribution in [3.63, 3.8) is 0 Å². The lowest BCUT2D eigenvalue weighted by molar-refractivity contribution is -0.0861. The number of halogens is 5. The summed E-state index contributed by atoms with van der Waals surface area (Å²) in [7, 11) is 0. The Morgan fingerprint density at radius 1 is 1.18 bits per heavy atom. The molecule has 0 radical (unpaired) electrons. The molecule has 0 rings (SSSR count). The van der Waals surface area contributed by atoms with Crippen LogP contribution in [0.25, 0.3) is 0 Å². The van der Waals surface area contributed by atoms with Gasteiger partial charge in [-0.2, -0.15) is 13.2 Å². The van der Waals surface area contributed by atoms with E-state index in [1.165, 1.54) is 0 Å². The summed E-state index contributed by atoms with van der Waals surface area (Å²) in [6.07, 6.45) is -4.75. The zero-order chi connectivity index (χ0) is 9.65. The second kappa shape index (κ2) is 5.41. The minimum atomic E-state index is -4.75. The van der Waals surface area contributed by atoms with Gasteiger partial charge in [0.15, 0.2) is 5.03 Å². The average Bonchev–Trinajstić information content (AvgIpc) is 1.89. The number of rotatable bonds is 0. The normalized spacial score (nSPS) is 13.1. The lowest BCUT2D eigenvalue weighted by Gasteiger charge is -2.02. The van der Waals surface area contributed by atoms with E-state index in [9.17, 15) is 17.6 Å². The third-order valence-electron chi connectivity index (χ3n) is 0.551. The standard InChI is InChI=1S/C4H3ClF4.C2H6/c1-2(6)3(5)4(7,8)9;1-2/h1H3;1-2H3/b3-2+;. The second-order valence-electron chi connectivity index (χ2n) is 1.35. The van der Waals surface area contributed by atoms with Crippen molar-refractivity contribution in [2.75, 3.05) is 0 Å². The van der Waals surface area contributed by atoms with Gasteiger partial charge in [0, 0.05) is 0 Å². The molecule has 0 aliphatic carbocycles.